The molecule has 1 saturated carbocycles. The molecule has 1 aromatic carbocycles. The summed E-state index contributed by atoms with van der Waals surface area (Å²) in [5.41, 5.74) is 7.25. The maximum atomic E-state index is 11.8. The van der Waals surface area contributed by atoms with Crippen LogP contribution in [0.5, 0.6) is 0 Å². The first-order valence-electron chi connectivity index (χ1n) is 5.87. The molecule has 0 saturated heterocycles. The summed E-state index contributed by atoms with van der Waals surface area (Å²) in [5.74, 6) is 0.712. The highest BCUT2D eigenvalue weighted by Gasteiger charge is 2.18. The van der Waals surface area contributed by atoms with E-state index in [9.17, 15) is 4.79 Å². The fourth-order valence-corrected chi connectivity index (χ4v) is 1.88. The van der Waals surface area contributed by atoms with Crippen molar-refractivity contribution in [2.24, 2.45) is 11.7 Å². The molecule has 0 aliphatic heterocycles. The number of hydrogen-bond donors (Lipinski definition) is 2. The van der Waals surface area contributed by atoms with E-state index in [1.165, 1.54) is 19.3 Å². The fraction of sp³-hybridized carbons (Fsp3) is 0.462. The van der Waals surface area contributed by atoms with E-state index in [0.29, 0.717) is 18.0 Å². The zero-order valence-electron chi connectivity index (χ0n) is 9.41. The largest absolute Gasteiger partial charge is 0.352 e. The molecule has 0 radical (unpaired) electrons. The Labute approximate surface area is 96.0 Å². The van der Waals surface area contributed by atoms with E-state index in [1.54, 1.807) is 0 Å². The van der Waals surface area contributed by atoms with Gasteiger partial charge in [0.15, 0.2) is 0 Å². The van der Waals surface area contributed by atoms with Crippen molar-refractivity contribution in [1.29, 1.82) is 0 Å². The first-order valence-corrected chi connectivity index (χ1v) is 5.87. The highest BCUT2D eigenvalue weighted by atomic mass is 16.1. The van der Waals surface area contributed by atoms with E-state index >= 15 is 0 Å². The zero-order chi connectivity index (χ0) is 11.4. The van der Waals surface area contributed by atoms with Crippen LogP contribution in [0.2, 0.25) is 0 Å². The number of carbonyl (C=O) groups excluding carboxylic acids is 1. The van der Waals surface area contributed by atoms with Gasteiger partial charge in [0, 0.05) is 18.7 Å². The molecule has 1 aliphatic rings. The summed E-state index contributed by atoms with van der Waals surface area (Å²) < 4.78 is 0. The second-order valence-electron chi connectivity index (χ2n) is 4.41. The summed E-state index contributed by atoms with van der Waals surface area (Å²) in [5, 5.41) is 2.97. The predicted octanol–water partition coefficient (Wildman–Crippen LogP) is 1.68. The molecule has 1 amide bonds. The lowest BCUT2D eigenvalue weighted by atomic mass is 9.85. The lowest BCUT2D eigenvalue weighted by Gasteiger charge is -2.25. The summed E-state index contributed by atoms with van der Waals surface area (Å²) in [6.45, 7) is 1.29. The predicted molar refractivity (Wildman–Crippen MR) is 64.0 cm³/mol. The highest BCUT2D eigenvalue weighted by molar-refractivity contribution is 5.94. The van der Waals surface area contributed by atoms with Gasteiger partial charge in [-0.1, -0.05) is 18.6 Å². The minimum Gasteiger partial charge on any atom is -0.352 e. The zero-order valence-corrected chi connectivity index (χ0v) is 9.41. The lowest BCUT2D eigenvalue weighted by Crippen LogP contribution is -2.32. The molecule has 86 valence electrons. The third kappa shape index (κ3) is 2.61. The molecule has 0 aromatic heterocycles. The van der Waals surface area contributed by atoms with Crippen LogP contribution in [0.1, 0.15) is 35.2 Å². The average molecular weight is 218 g/mol. The Hall–Kier alpha value is -1.35. The first kappa shape index (κ1) is 11.1. The van der Waals surface area contributed by atoms with Gasteiger partial charge < -0.3 is 11.1 Å². The molecule has 3 N–H and O–H groups in total. The van der Waals surface area contributed by atoms with E-state index in [0.717, 1.165) is 12.1 Å². The quantitative estimate of drug-likeness (QED) is 0.807. The Kier molecular flexibility index (Phi) is 3.57. The molecule has 2 rings (SSSR count). The molecule has 0 unspecified atom stereocenters. The van der Waals surface area contributed by atoms with Crippen molar-refractivity contribution in [3.63, 3.8) is 0 Å². The Balaban J connectivity index is 1.91. The summed E-state index contributed by atoms with van der Waals surface area (Å²) in [6, 6.07) is 7.49. The third-order valence-electron chi connectivity index (χ3n) is 3.20. The van der Waals surface area contributed by atoms with Crippen LogP contribution in [-0.2, 0) is 6.54 Å². The molecule has 1 aliphatic carbocycles. The summed E-state index contributed by atoms with van der Waals surface area (Å²) in [7, 11) is 0. The number of carbonyl (C=O) groups is 1. The van der Waals surface area contributed by atoms with Crippen molar-refractivity contribution < 1.29 is 4.79 Å². The van der Waals surface area contributed by atoms with Gasteiger partial charge in [-0.2, -0.15) is 0 Å². The van der Waals surface area contributed by atoms with Crippen LogP contribution in [0, 0.1) is 5.92 Å². The van der Waals surface area contributed by atoms with E-state index in [4.69, 9.17) is 5.73 Å². The molecule has 1 fully saturated rings. The Morgan fingerprint density at radius 3 is 2.88 bits per heavy atom. The van der Waals surface area contributed by atoms with Crippen molar-refractivity contribution in [2.45, 2.75) is 25.8 Å². The van der Waals surface area contributed by atoms with Gasteiger partial charge >= 0.3 is 0 Å². The normalized spacial score (nSPS) is 15.6. The molecule has 0 atom stereocenters. The van der Waals surface area contributed by atoms with Crippen molar-refractivity contribution in [1.82, 2.24) is 5.32 Å². The smallest absolute Gasteiger partial charge is 0.251 e. The van der Waals surface area contributed by atoms with Gasteiger partial charge in [-0.05, 0) is 36.5 Å². The first-order chi connectivity index (χ1) is 7.79. The fourth-order valence-electron chi connectivity index (χ4n) is 1.88. The van der Waals surface area contributed by atoms with Crippen molar-refractivity contribution in [2.75, 3.05) is 6.54 Å². The number of benzene rings is 1. The average Bonchev–Trinajstić information content (AvgIpc) is 2.27. The van der Waals surface area contributed by atoms with E-state index in [1.807, 2.05) is 24.3 Å². The van der Waals surface area contributed by atoms with E-state index < -0.39 is 0 Å². The number of amides is 1. The van der Waals surface area contributed by atoms with Crippen molar-refractivity contribution >= 4 is 5.91 Å². The Bertz CT molecular complexity index is 372. The van der Waals surface area contributed by atoms with Crippen molar-refractivity contribution in [3.8, 4) is 0 Å². The maximum absolute atomic E-state index is 11.8. The van der Waals surface area contributed by atoms with Gasteiger partial charge in [-0.3, -0.25) is 4.79 Å². The monoisotopic (exact) mass is 218 g/mol. The Morgan fingerprint density at radius 2 is 2.25 bits per heavy atom. The standard InChI is InChI=1S/C13H18N2O/c14-8-11-5-2-6-12(7-11)13(16)15-9-10-3-1-4-10/h2,5-7,10H,1,3-4,8-9,14H2,(H,15,16). The van der Waals surface area contributed by atoms with E-state index in [-0.39, 0.29) is 5.91 Å². The van der Waals surface area contributed by atoms with Crippen LogP contribution in [0.25, 0.3) is 0 Å². The van der Waals surface area contributed by atoms with Crippen LogP contribution in [0.15, 0.2) is 24.3 Å². The number of nitrogens with two attached hydrogens (primary N) is 1. The van der Waals surface area contributed by atoms with Gasteiger partial charge in [0.2, 0.25) is 0 Å². The SMILES string of the molecule is NCc1cccc(C(=O)NCC2CCC2)c1. The molecule has 0 bridgehead atoms. The Morgan fingerprint density at radius 1 is 1.44 bits per heavy atom. The summed E-state index contributed by atoms with van der Waals surface area (Å²) in [6.07, 6.45) is 3.81. The maximum Gasteiger partial charge on any atom is 0.251 e. The van der Waals surface area contributed by atoms with Crippen LogP contribution >= 0.6 is 0 Å². The van der Waals surface area contributed by atoms with E-state index in [2.05, 4.69) is 5.32 Å². The van der Waals surface area contributed by atoms with Gasteiger partial charge in [0.25, 0.3) is 5.91 Å². The second kappa shape index (κ2) is 5.12. The molecule has 0 heterocycles. The van der Waals surface area contributed by atoms with Crippen LogP contribution < -0.4 is 11.1 Å². The van der Waals surface area contributed by atoms with Gasteiger partial charge in [-0.25, -0.2) is 0 Å². The number of nitrogens with one attached hydrogen (secondary N) is 1. The van der Waals surface area contributed by atoms with Gasteiger partial charge in [-0.15, -0.1) is 0 Å². The molecule has 3 nitrogen and oxygen atoms in total. The molecule has 3 heteroatoms. The van der Waals surface area contributed by atoms with Gasteiger partial charge in [0.05, 0.1) is 0 Å². The second-order valence-corrected chi connectivity index (χ2v) is 4.41. The third-order valence-corrected chi connectivity index (χ3v) is 3.20. The lowest BCUT2D eigenvalue weighted by molar-refractivity contribution is 0.0939. The highest BCUT2D eigenvalue weighted by Crippen LogP contribution is 2.25. The van der Waals surface area contributed by atoms with Crippen LogP contribution in [0.4, 0.5) is 0 Å². The number of rotatable bonds is 4. The molecule has 16 heavy (non-hydrogen) atoms. The molecular formula is C13H18N2O. The van der Waals surface area contributed by atoms with Gasteiger partial charge in [0.1, 0.15) is 0 Å². The molecular weight excluding hydrogens is 200 g/mol. The van der Waals surface area contributed by atoms with Crippen molar-refractivity contribution in [3.05, 3.63) is 35.4 Å². The number of hydrogen-bond acceptors (Lipinski definition) is 2. The van der Waals surface area contributed by atoms with Crippen LogP contribution in [0.3, 0.4) is 0 Å². The minimum absolute atomic E-state index is 0.0159. The van der Waals surface area contributed by atoms with Crippen LogP contribution in [-0.4, -0.2) is 12.5 Å². The minimum atomic E-state index is 0.0159. The summed E-state index contributed by atoms with van der Waals surface area (Å²) >= 11 is 0. The molecule has 1 aromatic rings. The topological polar surface area (TPSA) is 55.1 Å². The summed E-state index contributed by atoms with van der Waals surface area (Å²) in [4.78, 5) is 11.8. The molecule has 0 spiro atoms.